The Labute approximate surface area is 179 Å². The number of nitrogens with zero attached hydrogens (tertiary/aromatic N) is 2. The lowest BCUT2D eigenvalue weighted by Gasteiger charge is -2.20. The number of rotatable bonds is 4. The van der Waals surface area contributed by atoms with Crippen LogP contribution in [0.15, 0.2) is 53.2 Å². The zero-order chi connectivity index (χ0) is 21.1. The quantitative estimate of drug-likeness (QED) is 0.691. The smallest absolute Gasteiger partial charge is 0.235 e. The molecule has 2 aliphatic rings. The van der Waals surface area contributed by atoms with Crippen molar-refractivity contribution in [3.8, 4) is 5.88 Å². The molecule has 1 aliphatic heterocycles. The van der Waals surface area contributed by atoms with Gasteiger partial charge >= 0.3 is 0 Å². The summed E-state index contributed by atoms with van der Waals surface area (Å²) >= 11 is 6.10. The van der Waals surface area contributed by atoms with Gasteiger partial charge in [-0.3, -0.25) is 4.98 Å². The van der Waals surface area contributed by atoms with E-state index in [0.717, 1.165) is 31.1 Å². The van der Waals surface area contributed by atoms with Crippen LogP contribution < -0.4 is 10.1 Å². The maximum Gasteiger partial charge on any atom is 0.235 e. The fourth-order valence-electron chi connectivity index (χ4n) is 2.82. The summed E-state index contributed by atoms with van der Waals surface area (Å²) in [4.78, 5) is 8.15. The molecular weight excluding hydrogens is 386 g/mol. The Morgan fingerprint density at radius 1 is 1.21 bits per heavy atom. The highest BCUT2D eigenvalue weighted by molar-refractivity contribution is 6.31. The number of hydrogen-bond donors (Lipinski definition) is 1. The van der Waals surface area contributed by atoms with Crippen LogP contribution in [0, 0.1) is 12.8 Å². The predicted octanol–water partition coefficient (Wildman–Crippen LogP) is 5.09. The summed E-state index contributed by atoms with van der Waals surface area (Å²) in [5, 5.41) is 4.05. The van der Waals surface area contributed by atoms with Gasteiger partial charge in [0, 0.05) is 18.5 Å². The highest BCUT2D eigenvalue weighted by Gasteiger charge is 2.14. The Morgan fingerprint density at radius 2 is 2.00 bits per heavy atom. The molecule has 1 atom stereocenters. The third-order valence-electron chi connectivity index (χ3n) is 4.29. The molecule has 5 nitrogen and oxygen atoms in total. The van der Waals surface area contributed by atoms with E-state index in [1.807, 2.05) is 45.9 Å². The number of halogens is 1. The van der Waals surface area contributed by atoms with Gasteiger partial charge in [0.1, 0.15) is 11.4 Å². The zero-order valence-electron chi connectivity index (χ0n) is 17.9. The molecule has 3 rings (SSSR count). The van der Waals surface area contributed by atoms with Crippen molar-refractivity contribution in [3.63, 3.8) is 0 Å². The van der Waals surface area contributed by atoms with Crippen molar-refractivity contribution in [1.29, 1.82) is 0 Å². The number of hydrogen-bond acceptors (Lipinski definition) is 5. The fraction of sp³-hybridized carbons (Fsp3) is 0.522. The number of nitrogens with one attached hydrogen (secondary N) is 1. The highest BCUT2D eigenvalue weighted by Crippen LogP contribution is 2.20. The second-order valence-corrected chi connectivity index (χ2v) is 8.48. The minimum Gasteiger partial charge on any atom is -0.491 e. The minimum absolute atomic E-state index is 0.208. The first kappa shape index (κ1) is 23.2. The third-order valence-corrected chi connectivity index (χ3v) is 4.61. The molecule has 0 amide bonds. The van der Waals surface area contributed by atoms with Crippen LogP contribution in [0.2, 0.25) is 0 Å². The van der Waals surface area contributed by atoms with Crippen LogP contribution in [0.5, 0.6) is 5.88 Å². The molecule has 1 aromatic rings. The lowest BCUT2D eigenvalue weighted by molar-refractivity contribution is 0.122. The van der Waals surface area contributed by atoms with Gasteiger partial charge in [-0.25, -0.2) is 4.98 Å². The molecule has 0 saturated carbocycles. The molecule has 1 unspecified atom stereocenters. The van der Waals surface area contributed by atoms with Crippen molar-refractivity contribution in [2.45, 2.75) is 52.6 Å². The molecule has 0 bridgehead atoms. The predicted molar refractivity (Wildman–Crippen MR) is 118 cm³/mol. The average Bonchev–Trinajstić information content (AvgIpc) is 3.04. The van der Waals surface area contributed by atoms with Crippen LogP contribution in [-0.4, -0.2) is 35.3 Å². The largest absolute Gasteiger partial charge is 0.491 e. The molecule has 2 heterocycles. The molecule has 1 aromatic heterocycles. The van der Waals surface area contributed by atoms with Gasteiger partial charge in [-0.05, 0) is 78.1 Å². The van der Waals surface area contributed by atoms with E-state index in [0.29, 0.717) is 16.8 Å². The zero-order valence-corrected chi connectivity index (χ0v) is 18.6. The monoisotopic (exact) mass is 417 g/mol. The summed E-state index contributed by atoms with van der Waals surface area (Å²) in [6, 6.07) is 0. The van der Waals surface area contributed by atoms with E-state index in [1.54, 1.807) is 18.5 Å². The summed E-state index contributed by atoms with van der Waals surface area (Å²) in [6.07, 6.45) is 14.3. The maximum absolute atomic E-state index is 6.10. The van der Waals surface area contributed by atoms with Crippen molar-refractivity contribution in [1.82, 2.24) is 15.3 Å². The molecule has 6 heteroatoms. The van der Waals surface area contributed by atoms with Crippen molar-refractivity contribution < 1.29 is 9.47 Å². The Kier molecular flexibility index (Phi) is 9.46. The second-order valence-electron chi connectivity index (χ2n) is 8.07. The van der Waals surface area contributed by atoms with Gasteiger partial charge in [-0.2, -0.15) is 0 Å². The summed E-state index contributed by atoms with van der Waals surface area (Å²) in [6.45, 7) is 10.8. The van der Waals surface area contributed by atoms with E-state index >= 15 is 0 Å². The Morgan fingerprint density at radius 3 is 2.76 bits per heavy atom. The third kappa shape index (κ3) is 9.31. The fourth-order valence-corrected chi connectivity index (χ4v) is 3.01. The molecule has 1 aliphatic carbocycles. The topological polar surface area (TPSA) is 56.3 Å². The normalized spacial score (nSPS) is 19.1. The first-order valence-corrected chi connectivity index (χ1v) is 10.5. The molecule has 0 spiro atoms. The molecule has 1 saturated heterocycles. The Balaban J connectivity index is 0.000000221. The summed E-state index contributed by atoms with van der Waals surface area (Å²) in [5.41, 5.74) is 3.63. The van der Waals surface area contributed by atoms with Gasteiger partial charge in [0.15, 0.2) is 0 Å². The van der Waals surface area contributed by atoms with Crippen LogP contribution in [0.3, 0.4) is 0 Å². The number of ether oxygens (including phenoxy) is 2. The Bertz CT molecular complexity index is 767. The van der Waals surface area contributed by atoms with Crippen molar-refractivity contribution >= 4 is 11.6 Å². The summed E-state index contributed by atoms with van der Waals surface area (Å²) in [5.74, 6) is 1.98. The van der Waals surface area contributed by atoms with Crippen LogP contribution in [0.25, 0.3) is 0 Å². The van der Waals surface area contributed by atoms with E-state index in [1.165, 1.54) is 19.3 Å². The molecule has 1 fully saturated rings. The van der Waals surface area contributed by atoms with Crippen LogP contribution in [-0.2, 0) is 4.74 Å². The molecule has 0 radical (unpaired) electrons. The van der Waals surface area contributed by atoms with E-state index in [9.17, 15) is 0 Å². The van der Waals surface area contributed by atoms with Gasteiger partial charge in [0.2, 0.25) is 5.88 Å². The average molecular weight is 418 g/mol. The molecule has 158 valence electrons. The van der Waals surface area contributed by atoms with E-state index in [4.69, 9.17) is 21.1 Å². The van der Waals surface area contributed by atoms with Gasteiger partial charge < -0.3 is 14.8 Å². The molecular formula is C23H32ClN3O2. The van der Waals surface area contributed by atoms with Crippen LogP contribution >= 0.6 is 11.6 Å². The van der Waals surface area contributed by atoms with Crippen molar-refractivity contribution in [3.05, 3.63) is 58.9 Å². The molecule has 0 aromatic carbocycles. The lowest BCUT2D eigenvalue weighted by atomic mass is 10.0. The number of aromatic nitrogens is 2. The minimum atomic E-state index is -0.208. The summed E-state index contributed by atoms with van der Waals surface area (Å²) in [7, 11) is 0. The summed E-state index contributed by atoms with van der Waals surface area (Å²) < 4.78 is 11.4. The van der Waals surface area contributed by atoms with Gasteiger partial charge in [-0.15, -0.1) is 5.73 Å². The van der Waals surface area contributed by atoms with E-state index in [2.05, 4.69) is 21.0 Å². The first-order chi connectivity index (χ1) is 13.8. The number of aryl methyl sites for hydroxylation is 1. The van der Waals surface area contributed by atoms with Crippen LogP contribution in [0.4, 0.5) is 0 Å². The van der Waals surface area contributed by atoms with Crippen LogP contribution in [0.1, 0.15) is 45.7 Å². The van der Waals surface area contributed by atoms with Gasteiger partial charge in [0.25, 0.3) is 0 Å². The molecule has 1 N–H and O–H groups in total. The van der Waals surface area contributed by atoms with E-state index < -0.39 is 0 Å². The SMILES string of the molecule is Cc1nccnc1OC(C)(C)C.ClC1=C(OCC2CCCNCC2)C=C=CC=C1. The standard InChI is InChI=1S/C14H18ClNO.C9H14N2O/c15-13-6-2-1-3-7-14(13)17-11-12-5-4-9-16-10-8-12;1-7-8(11-6-5-10-7)12-9(2,3)4/h1-2,6-7,12,16H,4-5,8-11H2;5-6H,1-4H3. The van der Waals surface area contributed by atoms with Crippen molar-refractivity contribution in [2.24, 2.45) is 5.92 Å². The number of allylic oxidation sites excluding steroid dienone is 4. The van der Waals surface area contributed by atoms with Gasteiger partial charge in [-0.1, -0.05) is 17.7 Å². The molecule has 29 heavy (non-hydrogen) atoms. The Hall–Kier alpha value is -2.07. The van der Waals surface area contributed by atoms with E-state index in [-0.39, 0.29) is 5.60 Å². The first-order valence-electron chi connectivity index (χ1n) is 10.1. The van der Waals surface area contributed by atoms with Crippen molar-refractivity contribution in [2.75, 3.05) is 19.7 Å². The van der Waals surface area contributed by atoms with Gasteiger partial charge in [0.05, 0.1) is 17.3 Å². The highest BCUT2D eigenvalue weighted by atomic mass is 35.5. The maximum atomic E-state index is 6.10. The second kappa shape index (κ2) is 11.8. The lowest BCUT2D eigenvalue weighted by Crippen LogP contribution is -2.24.